The summed E-state index contributed by atoms with van der Waals surface area (Å²) in [5.41, 5.74) is 2.77. The number of phenolic OH excluding ortho intramolecular Hbond substituents is 1. The fraction of sp³-hybridized carbons (Fsp3) is 0.500. The van der Waals surface area contributed by atoms with Crippen LogP contribution in [-0.4, -0.2) is 30.1 Å². The summed E-state index contributed by atoms with van der Waals surface area (Å²) in [7, 11) is 1.48. The van der Waals surface area contributed by atoms with Crippen molar-refractivity contribution < 1.29 is 24.2 Å². The number of phenols is 1. The van der Waals surface area contributed by atoms with Gasteiger partial charge in [0.1, 0.15) is 12.0 Å². The van der Waals surface area contributed by atoms with E-state index >= 15 is 0 Å². The van der Waals surface area contributed by atoms with Crippen molar-refractivity contribution in [1.82, 2.24) is 5.32 Å². The largest absolute Gasteiger partial charge is 0.504 e. The normalized spacial score (nSPS) is 24.8. The van der Waals surface area contributed by atoms with Crippen molar-refractivity contribution in [3.05, 3.63) is 47.3 Å². The Hall–Kier alpha value is -2.76. The first-order valence-corrected chi connectivity index (χ1v) is 10.8. The van der Waals surface area contributed by atoms with Crippen LogP contribution in [0, 0.1) is 5.92 Å². The third kappa shape index (κ3) is 3.83. The summed E-state index contributed by atoms with van der Waals surface area (Å²) in [6.45, 7) is 4.12. The van der Waals surface area contributed by atoms with Gasteiger partial charge in [0, 0.05) is 29.3 Å². The van der Waals surface area contributed by atoms with Gasteiger partial charge >= 0.3 is 5.97 Å². The summed E-state index contributed by atoms with van der Waals surface area (Å²) in [4.78, 5) is 26.3. The van der Waals surface area contributed by atoms with E-state index in [1.165, 1.54) is 19.6 Å². The van der Waals surface area contributed by atoms with E-state index < -0.39 is 11.8 Å². The Morgan fingerprint density at radius 2 is 1.93 bits per heavy atom. The van der Waals surface area contributed by atoms with Crippen LogP contribution in [0.1, 0.15) is 62.8 Å². The Morgan fingerprint density at radius 3 is 2.67 bits per heavy atom. The van der Waals surface area contributed by atoms with Gasteiger partial charge in [-0.3, -0.25) is 9.59 Å². The SMILES string of the molecule is C=C1NC2=C(C(=O)CCC2)C(c2ccc(O)c(OC)c2)C1C(=O)OC1CCCCC1. The minimum Gasteiger partial charge on any atom is -0.504 e. The first-order chi connectivity index (χ1) is 14.5. The Kier molecular flexibility index (Phi) is 5.84. The van der Waals surface area contributed by atoms with E-state index in [2.05, 4.69) is 11.9 Å². The number of benzene rings is 1. The van der Waals surface area contributed by atoms with Crippen LogP contribution >= 0.6 is 0 Å². The fourth-order valence-corrected chi connectivity index (χ4v) is 4.94. The highest BCUT2D eigenvalue weighted by molar-refractivity contribution is 6.00. The van der Waals surface area contributed by atoms with Crippen molar-refractivity contribution in [3.8, 4) is 11.5 Å². The number of nitrogens with one attached hydrogen (secondary N) is 1. The third-order valence-electron chi connectivity index (χ3n) is 6.44. The molecule has 0 spiro atoms. The van der Waals surface area contributed by atoms with Crippen LogP contribution in [0.4, 0.5) is 0 Å². The first-order valence-electron chi connectivity index (χ1n) is 10.8. The second-order valence-corrected chi connectivity index (χ2v) is 8.40. The molecule has 6 heteroatoms. The molecule has 0 amide bonds. The summed E-state index contributed by atoms with van der Waals surface area (Å²) in [5.74, 6) is -1.19. The molecule has 160 valence electrons. The number of allylic oxidation sites excluding steroid dienone is 2. The Labute approximate surface area is 176 Å². The Balaban J connectivity index is 1.75. The highest BCUT2D eigenvalue weighted by atomic mass is 16.5. The van der Waals surface area contributed by atoms with Crippen molar-refractivity contribution in [1.29, 1.82) is 0 Å². The highest BCUT2D eigenvalue weighted by Crippen LogP contribution is 2.46. The molecule has 0 radical (unpaired) electrons. The number of ether oxygens (including phenoxy) is 2. The summed E-state index contributed by atoms with van der Waals surface area (Å²) in [6.07, 6.45) is 6.97. The third-order valence-corrected chi connectivity index (χ3v) is 6.44. The summed E-state index contributed by atoms with van der Waals surface area (Å²) >= 11 is 0. The van der Waals surface area contributed by atoms with Gasteiger partial charge in [0.05, 0.1) is 7.11 Å². The maximum absolute atomic E-state index is 13.3. The zero-order chi connectivity index (χ0) is 21.3. The Bertz CT molecular complexity index is 897. The maximum Gasteiger partial charge on any atom is 0.316 e. The molecule has 6 nitrogen and oxygen atoms in total. The number of methoxy groups -OCH3 is 1. The van der Waals surface area contributed by atoms with Gasteiger partial charge in [-0.05, 0) is 56.2 Å². The van der Waals surface area contributed by atoms with E-state index in [-0.39, 0.29) is 23.6 Å². The monoisotopic (exact) mass is 411 g/mol. The molecule has 1 saturated carbocycles. The molecule has 3 aliphatic rings. The molecule has 2 atom stereocenters. The molecule has 2 aliphatic carbocycles. The van der Waals surface area contributed by atoms with Gasteiger partial charge in [-0.2, -0.15) is 0 Å². The van der Waals surface area contributed by atoms with Gasteiger partial charge in [0.15, 0.2) is 17.3 Å². The van der Waals surface area contributed by atoms with Crippen LogP contribution in [0.3, 0.4) is 0 Å². The summed E-state index contributed by atoms with van der Waals surface area (Å²) in [6, 6.07) is 4.98. The van der Waals surface area contributed by atoms with E-state index in [1.54, 1.807) is 12.1 Å². The number of hydrogen-bond acceptors (Lipinski definition) is 6. The number of carbonyl (C=O) groups is 2. The molecule has 0 bridgehead atoms. The second-order valence-electron chi connectivity index (χ2n) is 8.40. The van der Waals surface area contributed by atoms with E-state index in [1.807, 2.05) is 0 Å². The lowest BCUT2D eigenvalue weighted by molar-refractivity contribution is -0.155. The topological polar surface area (TPSA) is 84.9 Å². The van der Waals surface area contributed by atoms with Gasteiger partial charge in [-0.15, -0.1) is 0 Å². The average molecular weight is 411 g/mol. The molecule has 1 aromatic rings. The number of rotatable bonds is 4. The maximum atomic E-state index is 13.3. The number of aromatic hydroxyl groups is 1. The zero-order valence-corrected chi connectivity index (χ0v) is 17.4. The van der Waals surface area contributed by atoms with E-state index in [4.69, 9.17) is 9.47 Å². The van der Waals surface area contributed by atoms with Crippen molar-refractivity contribution in [2.24, 2.45) is 5.92 Å². The van der Waals surface area contributed by atoms with Gasteiger partial charge < -0.3 is 19.9 Å². The molecule has 1 fully saturated rings. The number of esters is 1. The molecule has 30 heavy (non-hydrogen) atoms. The van der Waals surface area contributed by atoms with E-state index in [9.17, 15) is 14.7 Å². The molecular formula is C24H29NO5. The minimum absolute atomic E-state index is 0.0134. The number of hydrogen-bond donors (Lipinski definition) is 2. The first kappa shape index (κ1) is 20.5. The molecule has 4 rings (SSSR count). The summed E-state index contributed by atoms with van der Waals surface area (Å²) in [5, 5.41) is 13.3. The fourth-order valence-electron chi connectivity index (χ4n) is 4.94. The van der Waals surface area contributed by atoms with Crippen LogP contribution in [-0.2, 0) is 14.3 Å². The van der Waals surface area contributed by atoms with Crippen molar-refractivity contribution in [3.63, 3.8) is 0 Å². The predicted octanol–water partition coefficient (Wildman–Crippen LogP) is 4.10. The van der Waals surface area contributed by atoms with Crippen molar-refractivity contribution in [2.45, 2.75) is 63.4 Å². The number of Topliss-reactive ketones (excluding diaryl/α,β-unsaturated/α-hetero) is 1. The van der Waals surface area contributed by atoms with Crippen LogP contribution in [0.2, 0.25) is 0 Å². The van der Waals surface area contributed by atoms with Crippen LogP contribution in [0.15, 0.2) is 41.7 Å². The molecule has 1 aromatic carbocycles. The number of carbonyl (C=O) groups excluding carboxylic acids is 2. The second kappa shape index (κ2) is 8.54. The molecule has 0 saturated heterocycles. The molecular weight excluding hydrogens is 382 g/mol. The van der Waals surface area contributed by atoms with Crippen LogP contribution < -0.4 is 10.1 Å². The lowest BCUT2D eigenvalue weighted by atomic mass is 9.71. The predicted molar refractivity (Wildman–Crippen MR) is 112 cm³/mol. The Morgan fingerprint density at radius 1 is 1.17 bits per heavy atom. The van der Waals surface area contributed by atoms with Gasteiger partial charge in [0.2, 0.25) is 0 Å². The molecule has 1 aliphatic heterocycles. The minimum atomic E-state index is -0.707. The summed E-state index contributed by atoms with van der Waals surface area (Å²) < 4.78 is 11.2. The van der Waals surface area contributed by atoms with E-state index in [0.717, 1.165) is 49.8 Å². The molecule has 0 aromatic heterocycles. The number of ketones is 1. The lowest BCUT2D eigenvalue weighted by Gasteiger charge is -2.39. The molecule has 2 N–H and O–H groups in total. The van der Waals surface area contributed by atoms with Gasteiger partial charge in [-0.1, -0.05) is 19.1 Å². The highest BCUT2D eigenvalue weighted by Gasteiger charge is 2.44. The van der Waals surface area contributed by atoms with Crippen LogP contribution in [0.5, 0.6) is 11.5 Å². The van der Waals surface area contributed by atoms with Crippen molar-refractivity contribution >= 4 is 11.8 Å². The van der Waals surface area contributed by atoms with E-state index in [0.29, 0.717) is 23.4 Å². The van der Waals surface area contributed by atoms with Gasteiger partial charge in [-0.25, -0.2) is 0 Å². The van der Waals surface area contributed by atoms with Crippen molar-refractivity contribution in [2.75, 3.05) is 7.11 Å². The average Bonchev–Trinajstić information content (AvgIpc) is 2.74. The quantitative estimate of drug-likeness (QED) is 0.726. The van der Waals surface area contributed by atoms with Crippen LogP contribution in [0.25, 0.3) is 0 Å². The standard InChI is InChI=1S/C24H29NO5/c1-14-21(24(28)30-16-7-4-3-5-8-16)22(15-11-12-18(26)20(13-15)29-2)23-17(25-14)9-6-10-19(23)27/h11-13,16,21-22,25-26H,1,3-10H2,2H3. The smallest absolute Gasteiger partial charge is 0.316 e. The molecule has 1 heterocycles. The van der Waals surface area contributed by atoms with Gasteiger partial charge in [0.25, 0.3) is 0 Å². The zero-order valence-electron chi connectivity index (χ0n) is 17.4. The molecule has 2 unspecified atom stereocenters. The lowest BCUT2D eigenvalue weighted by Crippen LogP contribution is -2.42.